The van der Waals surface area contributed by atoms with Crippen molar-refractivity contribution in [2.45, 2.75) is 19.4 Å². The lowest BCUT2D eigenvalue weighted by atomic mass is 9.82. The minimum Gasteiger partial charge on any atom is -0.349 e. The Morgan fingerprint density at radius 2 is 1.72 bits per heavy atom. The number of carbonyl (C=O) groups excluding carboxylic acids is 1. The number of fused-ring (bicyclic) bond motifs is 3. The van der Waals surface area contributed by atoms with Crippen LogP contribution in [0, 0.1) is 0 Å². The van der Waals surface area contributed by atoms with E-state index < -0.39 is 0 Å². The number of benzene rings is 2. The van der Waals surface area contributed by atoms with Crippen LogP contribution in [0.1, 0.15) is 24.1 Å². The Bertz CT molecular complexity index is 604. The summed E-state index contributed by atoms with van der Waals surface area (Å²) in [6.45, 7) is 1.57. The topological polar surface area (TPSA) is 29.1 Å². The van der Waals surface area contributed by atoms with Crippen LogP contribution in [0.25, 0.3) is 11.1 Å². The van der Waals surface area contributed by atoms with E-state index in [2.05, 4.69) is 41.7 Å². The van der Waals surface area contributed by atoms with Crippen molar-refractivity contribution in [1.82, 2.24) is 5.32 Å². The van der Waals surface area contributed by atoms with Gasteiger partial charge < -0.3 is 5.32 Å². The van der Waals surface area contributed by atoms with Crippen molar-refractivity contribution in [3.63, 3.8) is 0 Å². The van der Waals surface area contributed by atoms with Crippen molar-refractivity contribution in [1.29, 1.82) is 0 Å². The summed E-state index contributed by atoms with van der Waals surface area (Å²) in [5.74, 6) is 0.0224. The zero-order valence-corrected chi connectivity index (χ0v) is 10.3. The van der Waals surface area contributed by atoms with Crippen molar-refractivity contribution >= 4 is 5.91 Å². The number of carbonyl (C=O) groups is 1. The van der Waals surface area contributed by atoms with Crippen molar-refractivity contribution in [3.8, 4) is 11.1 Å². The van der Waals surface area contributed by atoms with E-state index in [-0.39, 0.29) is 11.9 Å². The Hall–Kier alpha value is -2.09. The molecule has 3 rings (SSSR count). The van der Waals surface area contributed by atoms with Crippen LogP contribution in [0.3, 0.4) is 0 Å². The molecule has 1 unspecified atom stereocenters. The molecular formula is C16H15NO. The van der Waals surface area contributed by atoms with E-state index in [1.54, 1.807) is 6.92 Å². The van der Waals surface area contributed by atoms with Crippen LogP contribution in [0.5, 0.6) is 0 Å². The van der Waals surface area contributed by atoms with Crippen molar-refractivity contribution in [2.75, 3.05) is 0 Å². The Morgan fingerprint density at radius 3 is 2.50 bits per heavy atom. The largest absolute Gasteiger partial charge is 0.349 e. The third kappa shape index (κ3) is 1.80. The van der Waals surface area contributed by atoms with Gasteiger partial charge in [0.15, 0.2) is 0 Å². The SMILES string of the molecule is CC(=O)NC1Cc2ccccc2-c2ccccc21. The Kier molecular flexibility index (Phi) is 2.63. The molecule has 2 nitrogen and oxygen atoms in total. The molecular weight excluding hydrogens is 222 g/mol. The quantitative estimate of drug-likeness (QED) is 0.811. The van der Waals surface area contributed by atoms with Crippen molar-refractivity contribution in [3.05, 3.63) is 59.7 Å². The smallest absolute Gasteiger partial charge is 0.217 e. The van der Waals surface area contributed by atoms with E-state index in [1.807, 2.05) is 12.1 Å². The Balaban J connectivity index is 2.13. The third-order valence-corrected chi connectivity index (χ3v) is 3.45. The maximum Gasteiger partial charge on any atom is 0.217 e. The predicted molar refractivity (Wildman–Crippen MR) is 72.1 cm³/mol. The summed E-state index contributed by atoms with van der Waals surface area (Å²) in [7, 11) is 0. The number of hydrogen-bond donors (Lipinski definition) is 1. The fraction of sp³-hybridized carbons (Fsp3) is 0.188. The first-order valence-electron chi connectivity index (χ1n) is 6.20. The fourth-order valence-electron chi connectivity index (χ4n) is 2.71. The first-order valence-corrected chi connectivity index (χ1v) is 6.20. The zero-order chi connectivity index (χ0) is 12.5. The minimum atomic E-state index is 0.0224. The average molecular weight is 237 g/mol. The maximum atomic E-state index is 11.3. The molecule has 1 atom stereocenters. The summed E-state index contributed by atoms with van der Waals surface area (Å²) in [5, 5.41) is 3.04. The average Bonchev–Trinajstić information content (AvgIpc) is 2.38. The monoisotopic (exact) mass is 237 g/mol. The van der Waals surface area contributed by atoms with Crippen LogP contribution >= 0.6 is 0 Å². The van der Waals surface area contributed by atoms with Crippen LogP contribution in [-0.4, -0.2) is 5.91 Å². The molecule has 2 heteroatoms. The highest BCUT2D eigenvalue weighted by atomic mass is 16.1. The van der Waals surface area contributed by atoms with Gasteiger partial charge >= 0.3 is 0 Å². The number of nitrogens with one attached hydrogen (secondary N) is 1. The molecule has 2 aromatic carbocycles. The molecule has 1 N–H and O–H groups in total. The molecule has 18 heavy (non-hydrogen) atoms. The number of amides is 1. The third-order valence-electron chi connectivity index (χ3n) is 3.45. The predicted octanol–water partition coefficient (Wildman–Crippen LogP) is 3.09. The Labute approximate surface area is 107 Å². The summed E-state index contributed by atoms with van der Waals surface area (Å²) in [4.78, 5) is 11.3. The van der Waals surface area contributed by atoms with Gasteiger partial charge in [-0.05, 0) is 28.7 Å². The second-order valence-corrected chi connectivity index (χ2v) is 4.70. The van der Waals surface area contributed by atoms with E-state index in [0.717, 1.165) is 6.42 Å². The van der Waals surface area contributed by atoms with Gasteiger partial charge in [-0.25, -0.2) is 0 Å². The van der Waals surface area contributed by atoms with E-state index in [9.17, 15) is 4.79 Å². The van der Waals surface area contributed by atoms with Gasteiger partial charge in [-0.1, -0.05) is 48.5 Å². The highest BCUT2D eigenvalue weighted by molar-refractivity contribution is 5.77. The molecule has 0 fully saturated rings. The summed E-state index contributed by atoms with van der Waals surface area (Å²) < 4.78 is 0. The Morgan fingerprint density at radius 1 is 1.06 bits per heavy atom. The first-order chi connectivity index (χ1) is 8.75. The van der Waals surface area contributed by atoms with Gasteiger partial charge in [0, 0.05) is 6.92 Å². The van der Waals surface area contributed by atoms with Crippen LogP contribution in [0.2, 0.25) is 0 Å². The highest BCUT2D eigenvalue weighted by Crippen LogP contribution is 2.38. The molecule has 0 heterocycles. The lowest BCUT2D eigenvalue weighted by molar-refractivity contribution is -0.119. The normalized spacial score (nSPS) is 16.6. The minimum absolute atomic E-state index is 0.0224. The zero-order valence-electron chi connectivity index (χ0n) is 10.3. The van der Waals surface area contributed by atoms with Crippen LogP contribution in [0.4, 0.5) is 0 Å². The van der Waals surface area contributed by atoms with E-state index in [1.165, 1.54) is 22.3 Å². The van der Waals surface area contributed by atoms with Gasteiger partial charge in [0.25, 0.3) is 0 Å². The molecule has 90 valence electrons. The molecule has 0 spiro atoms. The van der Waals surface area contributed by atoms with E-state index in [0.29, 0.717) is 0 Å². The molecule has 0 aromatic heterocycles. The lowest BCUT2D eigenvalue weighted by Gasteiger charge is -2.28. The van der Waals surface area contributed by atoms with Gasteiger partial charge in [-0.2, -0.15) is 0 Å². The van der Waals surface area contributed by atoms with Crippen molar-refractivity contribution in [2.24, 2.45) is 0 Å². The second kappa shape index (κ2) is 4.30. The van der Waals surface area contributed by atoms with E-state index >= 15 is 0 Å². The first kappa shape index (κ1) is 11.0. The lowest BCUT2D eigenvalue weighted by Crippen LogP contribution is -2.29. The van der Waals surface area contributed by atoms with Crippen LogP contribution in [-0.2, 0) is 11.2 Å². The molecule has 0 radical (unpaired) electrons. The second-order valence-electron chi connectivity index (χ2n) is 4.70. The van der Waals surface area contributed by atoms with Gasteiger partial charge in [0.1, 0.15) is 0 Å². The maximum absolute atomic E-state index is 11.3. The molecule has 2 aromatic rings. The summed E-state index contributed by atoms with van der Waals surface area (Å²) in [5.41, 5.74) is 5.04. The molecule has 0 saturated carbocycles. The molecule has 0 saturated heterocycles. The van der Waals surface area contributed by atoms with Crippen molar-refractivity contribution < 1.29 is 4.79 Å². The van der Waals surface area contributed by atoms with Gasteiger partial charge in [-0.15, -0.1) is 0 Å². The molecule has 1 aliphatic rings. The van der Waals surface area contributed by atoms with Crippen LogP contribution < -0.4 is 5.32 Å². The van der Waals surface area contributed by atoms with Gasteiger partial charge in [0.2, 0.25) is 5.91 Å². The fourth-order valence-corrected chi connectivity index (χ4v) is 2.71. The molecule has 0 aliphatic heterocycles. The number of hydrogen-bond acceptors (Lipinski definition) is 1. The van der Waals surface area contributed by atoms with Crippen LogP contribution in [0.15, 0.2) is 48.5 Å². The number of rotatable bonds is 1. The highest BCUT2D eigenvalue weighted by Gasteiger charge is 2.24. The summed E-state index contributed by atoms with van der Waals surface area (Å²) in [6, 6.07) is 16.8. The summed E-state index contributed by atoms with van der Waals surface area (Å²) >= 11 is 0. The van der Waals surface area contributed by atoms with E-state index in [4.69, 9.17) is 0 Å². The standard InChI is InChI=1S/C16H15NO/c1-11(18)17-16-10-12-6-2-3-7-13(12)14-8-4-5-9-15(14)16/h2-9,16H,10H2,1H3,(H,17,18). The molecule has 1 aliphatic carbocycles. The van der Waals surface area contributed by atoms with Gasteiger partial charge in [-0.3, -0.25) is 4.79 Å². The van der Waals surface area contributed by atoms with Gasteiger partial charge in [0.05, 0.1) is 6.04 Å². The molecule has 0 bridgehead atoms. The molecule has 1 amide bonds. The summed E-state index contributed by atoms with van der Waals surface area (Å²) in [6.07, 6.45) is 0.868.